The lowest BCUT2D eigenvalue weighted by Gasteiger charge is -2.10. The van der Waals surface area contributed by atoms with E-state index in [1.54, 1.807) is 31.3 Å². The summed E-state index contributed by atoms with van der Waals surface area (Å²) < 4.78 is 20.1. The van der Waals surface area contributed by atoms with Crippen LogP contribution in [-0.2, 0) is 37.6 Å². The smallest absolute Gasteiger partial charge is 0.338 e. The summed E-state index contributed by atoms with van der Waals surface area (Å²) in [4.78, 5) is 20.8. The highest BCUT2D eigenvalue weighted by molar-refractivity contribution is 5.89. The lowest BCUT2D eigenvalue weighted by molar-refractivity contribution is 0.0525. The van der Waals surface area contributed by atoms with Gasteiger partial charge in [0.1, 0.15) is 11.6 Å². The molecule has 0 spiro atoms. The van der Waals surface area contributed by atoms with Crippen LogP contribution >= 0.6 is 0 Å². The number of carbonyl (C=O) groups excluding carboxylic acids is 1. The summed E-state index contributed by atoms with van der Waals surface area (Å²) in [6.07, 6.45) is 1.75. The maximum Gasteiger partial charge on any atom is 0.338 e. The Morgan fingerprint density at radius 2 is 1.77 bits per heavy atom. The lowest BCUT2D eigenvalue weighted by Crippen LogP contribution is -2.18. The number of hydrogen-bond donors (Lipinski definition) is 3. The van der Waals surface area contributed by atoms with Crippen LogP contribution in [0.2, 0.25) is 0 Å². The second-order valence-electron chi connectivity index (χ2n) is 6.88. The molecule has 0 atom stereocenters. The minimum Gasteiger partial charge on any atom is -0.462 e. The van der Waals surface area contributed by atoms with Gasteiger partial charge in [0, 0.05) is 19.3 Å². The Balaban J connectivity index is 1.70. The highest BCUT2D eigenvalue weighted by atomic mass is 19.1. The third-order valence-electron chi connectivity index (χ3n) is 4.53. The van der Waals surface area contributed by atoms with Gasteiger partial charge in [-0.15, -0.1) is 0 Å². The predicted octanol–water partition coefficient (Wildman–Crippen LogP) is 1.92. The normalized spacial score (nSPS) is 11.0. The van der Waals surface area contributed by atoms with Crippen LogP contribution in [-0.4, -0.2) is 37.3 Å². The van der Waals surface area contributed by atoms with Crippen molar-refractivity contribution in [3.8, 4) is 0 Å². The molecule has 8 nitrogen and oxygen atoms in total. The Bertz CT molecular complexity index is 1020. The molecule has 164 valence electrons. The number of benzene rings is 1. The molecule has 2 heterocycles. The summed E-state index contributed by atoms with van der Waals surface area (Å²) in [6, 6.07) is 9.33. The average Bonchev–Trinajstić information content (AvgIpc) is 3.17. The number of ether oxygens (including phenoxy) is 1. The van der Waals surface area contributed by atoms with Crippen LogP contribution in [0.25, 0.3) is 0 Å². The largest absolute Gasteiger partial charge is 0.462 e. The SMILES string of the molecule is CCOC(=O)c1cc(CO)nc(CNCc2nc(CO)cn2Cc2ccc(F)cc2)c1. The molecule has 0 radical (unpaired) electrons. The Morgan fingerprint density at radius 1 is 1.06 bits per heavy atom. The number of nitrogens with one attached hydrogen (secondary N) is 1. The Morgan fingerprint density at radius 3 is 2.45 bits per heavy atom. The van der Waals surface area contributed by atoms with Crippen molar-refractivity contribution in [3.63, 3.8) is 0 Å². The number of pyridine rings is 1. The summed E-state index contributed by atoms with van der Waals surface area (Å²) in [5, 5.41) is 22.1. The fourth-order valence-electron chi connectivity index (χ4n) is 3.11. The first kappa shape index (κ1) is 22.5. The van der Waals surface area contributed by atoms with Crippen molar-refractivity contribution in [2.75, 3.05) is 6.61 Å². The van der Waals surface area contributed by atoms with E-state index in [-0.39, 0.29) is 25.6 Å². The molecular weight excluding hydrogens is 403 g/mol. The molecule has 31 heavy (non-hydrogen) atoms. The van der Waals surface area contributed by atoms with Crippen LogP contribution in [0.4, 0.5) is 4.39 Å². The van der Waals surface area contributed by atoms with Crippen LogP contribution < -0.4 is 5.32 Å². The molecule has 0 aliphatic carbocycles. The topological polar surface area (TPSA) is 110 Å². The zero-order chi connectivity index (χ0) is 22.2. The Hall–Kier alpha value is -3.14. The standard InChI is InChI=1S/C22H25FN4O4/c1-2-31-22(30)16-7-18(25-19(8-16)13-28)9-24-10-21-26-20(14-29)12-27(21)11-15-3-5-17(23)6-4-15/h3-8,12,24,28-29H,2,9-11,13-14H2,1H3. The monoisotopic (exact) mass is 428 g/mol. The zero-order valence-corrected chi connectivity index (χ0v) is 17.2. The van der Waals surface area contributed by atoms with Crippen molar-refractivity contribution in [1.82, 2.24) is 19.9 Å². The number of aliphatic hydroxyl groups is 2. The van der Waals surface area contributed by atoms with Gasteiger partial charge in [-0.1, -0.05) is 12.1 Å². The highest BCUT2D eigenvalue weighted by Gasteiger charge is 2.12. The van der Waals surface area contributed by atoms with E-state index in [1.165, 1.54) is 18.2 Å². The maximum absolute atomic E-state index is 13.2. The minimum absolute atomic E-state index is 0.188. The number of esters is 1. The second kappa shape index (κ2) is 10.8. The van der Waals surface area contributed by atoms with Crippen molar-refractivity contribution in [2.24, 2.45) is 0 Å². The summed E-state index contributed by atoms with van der Waals surface area (Å²) >= 11 is 0. The number of halogens is 1. The molecular formula is C22H25FN4O4. The van der Waals surface area contributed by atoms with Gasteiger partial charge in [-0.05, 0) is 36.8 Å². The predicted molar refractivity (Wildman–Crippen MR) is 110 cm³/mol. The molecule has 3 aromatic rings. The fourth-order valence-corrected chi connectivity index (χ4v) is 3.11. The lowest BCUT2D eigenvalue weighted by atomic mass is 10.2. The molecule has 0 aliphatic heterocycles. The van der Waals surface area contributed by atoms with Gasteiger partial charge in [0.05, 0.1) is 49.0 Å². The molecule has 0 bridgehead atoms. The third kappa shape index (κ3) is 6.17. The van der Waals surface area contributed by atoms with Crippen molar-refractivity contribution in [2.45, 2.75) is 39.8 Å². The first-order valence-electron chi connectivity index (χ1n) is 9.91. The first-order chi connectivity index (χ1) is 15.0. The molecule has 0 saturated carbocycles. The van der Waals surface area contributed by atoms with E-state index in [1.807, 2.05) is 4.57 Å². The number of hydrogen-bond acceptors (Lipinski definition) is 7. The van der Waals surface area contributed by atoms with Crippen LogP contribution in [0.3, 0.4) is 0 Å². The molecule has 0 amide bonds. The van der Waals surface area contributed by atoms with Crippen molar-refractivity contribution in [1.29, 1.82) is 0 Å². The van der Waals surface area contributed by atoms with Crippen LogP contribution in [0, 0.1) is 5.82 Å². The van der Waals surface area contributed by atoms with E-state index >= 15 is 0 Å². The Kier molecular flexibility index (Phi) is 7.82. The average molecular weight is 428 g/mol. The van der Waals surface area contributed by atoms with E-state index < -0.39 is 5.97 Å². The molecule has 0 fully saturated rings. The van der Waals surface area contributed by atoms with Gasteiger partial charge < -0.3 is 24.8 Å². The molecule has 3 rings (SSSR count). The molecule has 9 heteroatoms. The van der Waals surface area contributed by atoms with Gasteiger partial charge in [-0.2, -0.15) is 0 Å². The number of imidazole rings is 1. The van der Waals surface area contributed by atoms with Gasteiger partial charge in [0.25, 0.3) is 0 Å². The van der Waals surface area contributed by atoms with Gasteiger partial charge in [0.2, 0.25) is 0 Å². The van der Waals surface area contributed by atoms with E-state index in [2.05, 4.69) is 15.3 Å². The third-order valence-corrected chi connectivity index (χ3v) is 4.53. The molecule has 0 saturated heterocycles. The number of aliphatic hydroxyl groups excluding tert-OH is 2. The number of carbonyl (C=O) groups is 1. The van der Waals surface area contributed by atoms with E-state index in [4.69, 9.17) is 4.74 Å². The molecule has 0 unspecified atom stereocenters. The second-order valence-corrected chi connectivity index (χ2v) is 6.88. The zero-order valence-electron chi connectivity index (χ0n) is 17.2. The number of nitrogens with zero attached hydrogens (tertiary/aromatic N) is 3. The highest BCUT2D eigenvalue weighted by Crippen LogP contribution is 2.12. The number of aromatic nitrogens is 3. The van der Waals surface area contributed by atoms with Gasteiger partial charge >= 0.3 is 5.97 Å². The van der Waals surface area contributed by atoms with Crippen LogP contribution in [0.15, 0.2) is 42.6 Å². The Labute approximate surface area is 179 Å². The van der Waals surface area contributed by atoms with Crippen molar-refractivity contribution < 1.29 is 24.1 Å². The van der Waals surface area contributed by atoms with Crippen molar-refractivity contribution >= 4 is 5.97 Å². The maximum atomic E-state index is 13.2. The van der Waals surface area contributed by atoms with E-state index in [0.29, 0.717) is 48.1 Å². The summed E-state index contributed by atoms with van der Waals surface area (Å²) in [5.41, 5.74) is 2.72. The van der Waals surface area contributed by atoms with E-state index in [9.17, 15) is 19.4 Å². The minimum atomic E-state index is -0.469. The summed E-state index contributed by atoms with van der Waals surface area (Å²) in [7, 11) is 0. The fraction of sp³-hybridized carbons (Fsp3) is 0.318. The summed E-state index contributed by atoms with van der Waals surface area (Å²) in [6.45, 7) is 2.69. The quantitative estimate of drug-likeness (QED) is 0.423. The van der Waals surface area contributed by atoms with Crippen LogP contribution in [0.1, 0.15) is 45.8 Å². The van der Waals surface area contributed by atoms with Crippen LogP contribution in [0.5, 0.6) is 0 Å². The first-order valence-corrected chi connectivity index (χ1v) is 9.91. The van der Waals surface area contributed by atoms with Gasteiger partial charge in [-0.3, -0.25) is 4.98 Å². The summed E-state index contributed by atoms with van der Waals surface area (Å²) in [5.74, 6) is -0.0762. The van der Waals surface area contributed by atoms with E-state index in [0.717, 1.165) is 5.56 Å². The van der Waals surface area contributed by atoms with Gasteiger partial charge in [-0.25, -0.2) is 14.2 Å². The van der Waals surface area contributed by atoms with Crippen molar-refractivity contribution in [3.05, 3.63) is 82.4 Å². The molecule has 0 aliphatic rings. The molecule has 3 N–H and O–H groups in total. The number of rotatable bonds is 10. The molecule has 1 aromatic carbocycles. The molecule has 2 aromatic heterocycles. The van der Waals surface area contributed by atoms with Gasteiger partial charge in [0.15, 0.2) is 0 Å².